The van der Waals surface area contributed by atoms with E-state index in [1.54, 1.807) is 0 Å². The van der Waals surface area contributed by atoms with E-state index in [0.29, 0.717) is 6.04 Å². The summed E-state index contributed by atoms with van der Waals surface area (Å²) in [5.74, 6) is 0. The first-order valence-corrected chi connectivity index (χ1v) is 7.37. The van der Waals surface area contributed by atoms with Crippen molar-refractivity contribution in [2.75, 3.05) is 33.4 Å². The number of rotatable bonds is 6. The van der Waals surface area contributed by atoms with E-state index < -0.39 is 0 Å². The molecular weight excluding hydrogens is 212 g/mol. The van der Waals surface area contributed by atoms with Gasteiger partial charge in [-0.1, -0.05) is 19.3 Å². The minimum Gasteiger partial charge on any atom is -0.380 e. The van der Waals surface area contributed by atoms with Crippen LogP contribution >= 0.6 is 0 Å². The number of likely N-dealkylation sites (N-methyl/N-ethyl adjacent to an activating group) is 1. The number of nitrogens with one attached hydrogen (secondary N) is 1. The Hall–Kier alpha value is -0.120. The van der Waals surface area contributed by atoms with E-state index in [4.69, 9.17) is 4.74 Å². The van der Waals surface area contributed by atoms with Gasteiger partial charge >= 0.3 is 0 Å². The summed E-state index contributed by atoms with van der Waals surface area (Å²) in [4.78, 5) is 2.47. The van der Waals surface area contributed by atoms with Crippen molar-refractivity contribution in [2.24, 2.45) is 0 Å². The summed E-state index contributed by atoms with van der Waals surface area (Å²) in [7, 11) is 2.24. The topological polar surface area (TPSA) is 24.5 Å². The zero-order chi connectivity index (χ0) is 11.9. The second kappa shape index (κ2) is 7.34. The highest BCUT2D eigenvalue weighted by atomic mass is 16.5. The van der Waals surface area contributed by atoms with Gasteiger partial charge in [-0.3, -0.25) is 0 Å². The van der Waals surface area contributed by atoms with Gasteiger partial charge in [-0.2, -0.15) is 0 Å². The molecule has 0 bridgehead atoms. The fraction of sp³-hybridized carbons (Fsp3) is 1.00. The maximum absolute atomic E-state index is 5.42. The van der Waals surface area contributed by atoms with Gasteiger partial charge in [-0.25, -0.2) is 0 Å². The summed E-state index contributed by atoms with van der Waals surface area (Å²) in [6, 6.07) is 1.48. The van der Waals surface area contributed by atoms with Gasteiger partial charge in [0.15, 0.2) is 0 Å². The molecule has 1 saturated heterocycles. The van der Waals surface area contributed by atoms with Crippen molar-refractivity contribution < 1.29 is 4.74 Å². The Morgan fingerprint density at radius 2 is 2.00 bits per heavy atom. The maximum atomic E-state index is 5.42. The van der Waals surface area contributed by atoms with Gasteiger partial charge in [0, 0.05) is 18.7 Å². The largest absolute Gasteiger partial charge is 0.380 e. The third-order valence-corrected chi connectivity index (χ3v) is 4.25. The molecule has 0 radical (unpaired) electrons. The van der Waals surface area contributed by atoms with E-state index in [1.807, 2.05) is 0 Å². The molecule has 0 amide bonds. The van der Waals surface area contributed by atoms with Gasteiger partial charge in [0.2, 0.25) is 0 Å². The molecule has 0 aromatic heterocycles. The normalized spacial score (nSPS) is 26.8. The van der Waals surface area contributed by atoms with Gasteiger partial charge < -0.3 is 15.0 Å². The van der Waals surface area contributed by atoms with E-state index in [-0.39, 0.29) is 0 Å². The minimum absolute atomic E-state index is 0.671. The highest BCUT2D eigenvalue weighted by molar-refractivity contribution is 4.74. The van der Waals surface area contributed by atoms with Crippen molar-refractivity contribution >= 4 is 0 Å². The summed E-state index contributed by atoms with van der Waals surface area (Å²) >= 11 is 0. The molecule has 1 aliphatic heterocycles. The van der Waals surface area contributed by atoms with Gasteiger partial charge in [0.1, 0.15) is 0 Å². The lowest BCUT2D eigenvalue weighted by atomic mass is 9.95. The van der Waals surface area contributed by atoms with Crippen molar-refractivity contribution in [1.29, 1.82) is 0 Å². The third-order valence-electron chi connectivity index (χ3n) is 4.25. The first-order valence-electron chi connectivity index (χ1n) is 7.37. The Labute approximate surface area is 106 Å². The summed E-state index contributed by atoms with van der Waals surface area (Å²) in [6.45, 7) is 4.28. The lowest BCUT2D eigenvalue weighted by Gasteiger charge is -2.25. The first-order chi connectivity index (χ1) is 8.36. The fourth-order valence-corrected chi connectivity index (χ4v) is 2.99. The standard InChI is InChI=1S/C14H28N2O/c1-16(14-8-11-17-12-14)10-5-9-15-13-6-3-2-4-7-13/h13-15H,2-12H2,1H3. The van der Waals surface area contributed by atoms with E-state index in [9.17, 15) is 0 Å². The molecule has 1 N–H and O–H groups in total. The number of ether oxygens (including phenoxy) is 1. The van der Waals surface area contributed by atoms with Crippen LogP contribution in [-0.2, 0) is 4.74 Å². The monoisotopic (exact) mass is 240 g/mol. The SMILES string of the molecule is CN(CCCNC1CCCCC1)C1CCOC1. The highest BCUT2D eigenvalue weighted by Crippen LogP contribution is 2.17. The fourth-order valence-electron chi connectivity index (χ4n) is 2.99. The minimum atomic E-state index is 0.671. The number of hydrogen-bond donors (Lipinski definition) is 1. The zero-order valence-corrected chi connectivity index (χ0v) is 11.3. The first kappa shape index (κ1) is 13.3. The highest BCUT2D eigenvalue weighted by Gasteiger charge is 2.19. The molecule has 0 aromatic rings. The summed E-state index contributed by atoms with van der Waals surface area (Å²) in [5, 5.41) is 3.71. The van der Waals surface area contributed by atoms with Crippen LogP contribution in [-0.4, -0.2) is 50.3 Å². The van der Waals surface area contributed by atoms with Crippen LogP contribution in [0.3, 0.4) is 0 Å². The Kier molecular flexibility index (Phi) is 5.75. The summed E-state index contributed by atoms with van der Waals surface area (Å²) in [5.41, 5.74) is 0. The van der Waals surface area contributed by atoms with Crippen LogP contribution in [0.25, 0.3) is 0 Å². The lowest BCUT2D eigenvalue weighted by Crippen LogP contribution is -2.36. The Bertz CT molecular complexity index is 198. The third kappa shape index (κ3) is 4.57. The van der Waals surface area contributed by atoms with Gasteiger partial charge in [-0.05, 0) is 45.8 Å². The Morgan fingerprint density at radius 1 is 1.18 bits per heavy atom. The van der Waals surface area contributed by atoms with Crippen molar-refractivity contribution in [2.45, 2.75) is 57.0 Å². The predicted octanol–water partition coefficient (Wildman–Crippen LogP) is 2.02. The van der Waals surface area contributed by atoms with Gasteiger partial charge in [0.25, 0.3) is 0 Å². The van der Waals surface area contributed by atoms with Crippen molar-refractivity contribution in [3.63, 3.8) is 0 Å². The predicted molar refractivity (Wildman–Crippen MR) is 71.3 cm³/mol. The van der Waals surface area contributed by atoms with E-state index in [1.165, 1.54) is 58.0 Å². The molecule has 0 spiro atoms. The van der Waals surface area contributed by atoms with E-state index >= 15 is 0 Å². The summed E-state index contributed by atoms with van der Waals surface area (Å²) in [6.07, 6.45) is 9.57. The Balaban J connectivity index is 1.50. The summed E-state index contributed by atoms with van der Waals surface area (Å²) < 4.78 is 5.42. The molecule has 1 aliphatic carbocycles. The average Bonchev–Trinajstić information content (AvgIpc) is 2.89. The van der Waals surface area contributed by atoms with Crippen LogP contribution < -0.4 is 5.32 Å². The van der Waals surface area contributed by atoms with Crippen molar-refractivity contribution in [1.82, 2.24) is 10.2 Å². The molecule has 3 heteroatoms. The molecule has 17 heavy (non-hydrogen) atoms. The molecular formula is C14H28N2O. The molecule has 100 valence electrons. The van der Waals surface area contributed by atoms with Crippen LogP contribution in [0.1, 0.15) is 44.9 Å². The average molecular weight is 240 g/mol. The van der Waals surface area contributed by atoms with Crippen molar-refractivity contribution in [3.05, 3.63) is 0 Å². The van der Waals surface area contributed by atoms with E-state index in [2.05, 4.69) is 17.3 Å². The smallest absolute Gasteiger partial charge is 0.0622 e. The molecule has 2 aliphatic rings. The lowest BCUT2D eigenvalue weighted by molar-refractivity contribution is 0.158. The van der Waals surface area contributed by atoms with Crippen LogP contribution in [0.2, 0.25) is 0 Å². The molecule has 0 aromatic carbocycles. The van der Waals surface area contributed by atoms with Crippen LogP contribution in [0, 0.1) is 0 Å². The van der Waals surface area contributed by atoms with E-state index in [0.717, 1.165) is 19.3 Å². The van der Waals surface area contributed by atoms with Crippen LogP contribution in [0.4, 0.5) is 0 Å². The van der Waals surface area contributed by atoms with Gasteiger partial charge in [0.05, 0.1) is 6.61 Å². The molecule has 1 atom stereocenters. The van der Waals surface area contributed by atoms with Gasteiger partial charge in [-0.15, -0.1) is 0 Å². The quantitative estimate of drug-likeness (QED) is 0.719. The molecule has 1 heterocycles. The maximum Gasteiger partial charge on any atom is 0.0622 e. The Morgan fingerprint density at radius 3 is 2.71 bits per heavy atom. The second-order valence-corrected chi connectivity index (χ2v) is 5.64. The van der Waals surface area contributed by atoms with Crippen molar-refractivity contribution in [3.8, 4) is 0 Å². The van der Waals surface area contributed by atoms with Crippen LogP contribution in [0.15, 0.2) is 0 Å². The number of hydrogen-bond acceptors (Lipinski definition) is 3. The molecule has 2 fully saturated rings. The molecule has 3 nitrogen and oxygen atoms in total. The molecule has 1 unspecified atom stereocenters. The second-order valence-electron chi connectivity index (χ2n) is 5.64. The molecule has 2 rings (SSSR count). The molecule has 1 saturated carbocycles. The van der Waals surface area contributed by atoms with Crippen LogP contribution in [0.5, 0.6) is 0 Å². The number of nitrogens with zero attached hydrogens (tertiary/aromatic N) is 1. The zero-order valence-electron chi connectivity index (χ0n) is 11.3.